The fourth-order valence-electron chi connectivity index (χ4n) is 1.63. The first kappa shape index (κ1) is 8.12. The molecule has 66 valence electrons. The van der Waals surface area contributed by atoms with Crippen LogP contribution in [0.3, 0.4) is 0 Å². The largest absolute Gasteiger partial charge is 0.493 e. The standard InChI is InChI=1S/C11H12NO/c1-12-8-9-6-7-13-11-5-3-2-4-10(9)11/h2-5,9H,6-7H2,1H3/q+1. The predicted octanol–water partition coefficient (Wildman–Crippen LogP) is 2.52. The lowest BCUT2D eigenvalue weighted by molar-refractivity contribution is 0.280. The van der Waals surface area contributed by atoms with Gasteiger partial charge in [0.1, 0.15) is 11.7 Å². The van der Waals surface area contributed by atoms with Crippen molar-refractivity contribution in [3.63, 3.8) is 0 Å². The Kier molecular flexibility index (Phi) is 2.18. The van der Waals surface area contributed by atoms with E-state index in [-0.39, 0.29) is 0 Å². The van der Waals surface area contributed by atoms with E-state index in [9.17, 15) is 0 Å². The highest BCUT2D eigenvalue weighted by atomic mass is 16.5. The molecule has 0 bridgehead atoms. The molecule has 0 saturated heterocycles. The maximum Gasteiger partial charge on any atom is 0.280 e. The molecule has 0 aliphatic carbocycles. The van der Waals surface area contributed by atoms with Crippen molar-refractivity contribution in [1.82, 2.24) is 0 Å². The second-order valence-corrected chi connectivity index (χ2v) is 3.08. The Morgan fingerprint density at radius 2 is 2.31 bits per heavy atom. The molecule has 0 aromatic heterocycles. The highest BCUT2D eigenvalue weighted by Crippen LogP contribution is 2.32. The third-order valence-corrected chi connectivity index (χ3v) is 2.24. The number of para-hydroxylation sites is 1. The van der Waals surface area contributed by atoms with Gasteiger partial charge >= 0.3 is 0 Å². The maximum atomic E-state index is 5.52. The van der Waals surface area contributed by atoms with Gasteiger partial charge in [-0.1, -0.05) is 23.0 Å². The van der Waals surface area contributed by atoms with Gasteiger partial charge in [0.15, 0.2) is 0 Å². The summed E-state index contributed by atoms with van der Waals surface area (Å²) in [7, 11) is 1.76. The highest BCUT2D eigenvalue weighted by Gasteiger charge is 2.22. The zero-order valence-corrected chi connectivity index (χ0v) is 7.66. The molecule has 13 heavy (non-hydrogen) atoms. The molecule has 0 spiro atoms. The van der Waals surface area contributed by atoms with Crippen molar-refractivity contribution in [2.24, 2.45) is 0 Å². The Morgan fingerprint density at radius 1 is 1.46 bits per heavy atom. The summed E-state index contributed by atoms with van der Waals surface area (Å²) in [5.41, 5.74) is 1.21. The van der Waals surface area contributed by atoms with Crippen LogP contribution in [0.1, 0.15) is 17.9 Å². The second-order valence-electron chi connectivity index (χ2n) is 3.08. The summed E-state index contributed by atoms with van der Waals surface area (Å²) < 4.78 is 5.52. The number of benzene rings is 1. The Hall–Kier alpha value is -1.49. The van der Waals surface area contributed by atoms with E-state index in [1.54, 1.807) is 7.05 Å². The molecule has 2 rings (SSSR count). The quantitative estimate of drug-likeness (QED) is 0.589. The topological polar surface area (TPSA) is 13.6 Å². The van der Waals surface area contributed by atoms with Gasteiger partial charge < -0.3 is 4.74 Å². The van der Waals surface area contributed by atoms with Crippen LogP contribution in [0.25, 0.3) is 4.85 Å². The normalized spacial score (nSPS) is 19.3. The molecular formula is C11H12NO+. The lowest BCUT2D eigenvalue weighted by atomic mass is 9.95. The van der Waals surface area contributed by atoms with Crippen molar-refractivity contribution in [2.45, 2.75) is 12.3 Å². The average molecular weight is 174 g/mol. The molecular weight excluding hydrogens is 162 g/mol. The van der Waals surface area contributed by atoms with Crippen LogP contribution in [-0.4, -0.2) is 13.7 Å². The van der Waals surface area contributed by atoms with E-state index in [4.69, 9.17) is 4.74 Å². The fraction of sp³-hybridized carbons (Fsp3) is 0.364. The summed E-state index contributed by atoms with van der Waals surface area (Å²) in [6, 6.07) is 11.2. The molecule has 0 fully saturated rings. The molecule has 1 atom stereocenters. The van der Waals surface area contributed by atoms with E-state index in [1.807, 2.05) is 18.2 Å². The van der Waals surface area contributed by atoms with E-state index < -0.39 is 0 Å². The highest BCUT2D eigenvalue weighted by molar-refractivity contribution is 5.41. The molecule has 2 heteroatoms. The Labute approximate surface area is 78.0 Å². The number of nitrogens with zero attached hydrogens (tertiary/aromatic N) is 1. The summed E-state index contributed by atoms with van der Waals surface area (Å²) in [6.45, 7) is 0.768. The zero-order chi connectivity index (χ0) is 9.10. The van der Waals surface area contributed by atoms with Crippen molar-refractivity contribution < 1.29 is 4.74 Å². The van der Waals surface area contributed by atoms with Gasteiger partial charge in [-0.05, 0) is 6.07 Å². The summed E-state index contributed by atoms with van der Waals surface area (Å²) in [5.74, 6) is 1.30. The number of hydrogen-bond acceptors (Lipinski definition) is 1. The van der Waals surface area contributed by atoms with Gasteiger partial charge in [0, 0.05) is 12.0 Å². The van der Waals surface area contributed by atoms with E-state index in [0.717, 1.165) is 18.8 Å². The minimum Gasteiger partial charge on any atom is -0.493 e. The van der Waals surface area contributed by atoms with E-state index in [1.165, 1.54) is 5.56 Å². The number of fused-ring (bicyclic) bond motifs is 1. The van der Waals surface area contributed by atoms with Gasteiger partial charge in [-0.2, -0.15) is 0 Å². The second kappa shape index (κ2) is 3.49. The van der Waals surface area contributed by atoms with Crippen LogP contribution in [-0.2, 0) is 0 Å². The van der Waals surface area contributed by atoms with Crippen LogP contribution >= 0.6 is 0 Å². The average Bonchev–Trinajstić information content (AvgIpc) is 2.19. The van der Waals surface area contributed by atoms with Crippen molar-refractivity contribution in [3.05, 3.63) is 34.7 Å². The fourth-order valence-corrected chi connectivity index (χ4v) is 1.63. The Bertz CT molecular complexity index is 362. The monoisotopic (exact) mass is 174 g/mol. The molecule has 0 radical (unpaired) electrons. The third-order valence-electron chi connectivity index (χ3n) is 2.24. The first-order valence-electron chi connectivity index (χ1n) is 4.48. The first-order valence-corrected chi connectivity index (χ1v) is 4.48. The molecule has 1 aromatic carbocycles. The predicted molar refractivity (Wildman–Crippen MR) is 52.5 cm³/mol. The zero-order valence-electron chi connectivity index (χ0n) is 7.66. The molecule has 1 aliphatic heterocycles. The van der Waals surface area contributed by atoms with Crippen molar-refractivity contribution in [2.75, 3.05) is 13.7 Å². The van der Waals surface area contributed by atoms with Crippen molar-refractivity contribution in [1.29, 1.82) is 0 Å². The molecule has 2 nitrogen and oxygen atoms in total. The molecule has 1 aliphatic rings. The van der Waals surface area contributed by atoms with Gasteiger partial charge in [-0.3, -0.25) is 0 Å². The SMILES string of the molecule is C[N+]#CC1CCOc2ccccc21. The minimum absolute atomic E-state index is 0.315. The molecule has 1 heterocycles. The number of ether oxygens (including phenoxy) is 1. The van der Waals surface area contributed by atoms with Gasteiger partial charge in [0.05, 0.1) is 6.61 Å². The van der Waals surface area contributed by atoms with Gasteiger partial charge in [-0.25, -0.2) is 0 Å². The summed E-state index contributed by atoms with van der Waals surface area (Å²) in [6.07, 6.45) is 0.981. The van der Waals surface area contributed by atoms with Gasteiger partial charge in [0.2, 0.25) is 0 Å². The number of rotatable bonds is 0. The van der Waals surface area contributed by atoms with Crippen molar-refractivity contribution >= 4 is 0 Å². The summed E-state index contributed by atoms with van der Waals surface area (Å²) >= 11 is 0. The lowest BCUT2D eigenvalue weighted by Crippen LogP contribution is -2.12. The Morgan fingerprint density at radius 3 is 3.15 bits per heavy atom. The molecule has 1 unspecified atom stereocenters. The lowest BCUT2D eigenvalue weighted by Gasteiger charge is -2.19. The smallest absolute Gasteiger partial charge is 0.280 e. The van der Waals surface area contributed by atoms with Gasteiger partial charge in [0.25, 0.3) is 13.1 Å². The third kappa shape index (κ3) is 1.50. The molecule has 0 N–H and O–H groups in total. The minimum atomic E-state index is 0.315. The van der Waals surface area contributed by atoms with E-state index in [0.29, 0.717) is 5.92 Å². The molecule has 0 saturated carbocycles. The first-order chi connectivity index (χ1) is 6.42. The van der Waals surface area contributed by atoms with Crippen LogP contribution in [0.4, 0.5) is 0 Å². The van der Waals surface area contributed by atoms with Crippen molar-refractivity contribution in [3.8, 4) is 11.8 Å². The summed E-state index contributed by atoms with van der Waals surface area (Å²) in [5, 5.41) is 0. The van der Waals surface area contributed by atoms with Crippen LogP contribution in [0, 0.1) is 6.07 Å². The molecule has 0 amide bonds. The van der Waals surface area contributed by atoms with Crippen LogP contribution in [0.2, 0.25) is 0 Å². The molecule has 1 aromatic rings. The maximum absolute atomic E-state index is 5.52. The van der Waals surface area contributed by atoms with E-state index >= 15 is 0 Å². The van der Waals surface area contributed by atoms with Crippen LogP contribution < -0.4 is 4.74 Å². The summed E-state index contributed by atoms with van der Waals surface area (Å²) in [4.78, 5) is 3.95. The number of hydrogen-bond donors (Lipinski definition) is 0. The van der Waals surface area contributed by atoms with Gasteiger partial charge in [-0.15, -0.1) is 0 Å². The van der Waals surface area contributed by atoms with Crippen LogP contribution in [0.5, 0.6) is 5.75 Å². The Balaban J connectivity index is 2.40. The van der Waals surface area contributed by atoms with E-state index in [2.05, 4.69) is 17.0 Å². The van der Waals surface area contributed by atoms with Crippen LogP contribution in [0.15, 0.2) is 24.3 Å².